The number of nitrogens with zero attached hydrogens (tertiary/aromatic N) is 1. The van der Waals surface area contributed by atoms with E-state index in [1.807, 2.05) is 13.8 Å². The van der Waals surface area contributed by atoms with Crippen LogP contribution in [0.5, 0.6) is 0 Å². The number of methoxy groups -OCH3 is 1. The molecule has 1 heterocycles. The van der Waals surface area contributed by atoms with Crippen LogP contribution < -0.4 is 0 Å². The summed E-state index contributed by atoms with van der Waals surface area (Å²) in [6, 6.07) is 0. The van der Waals surface area contributed by atoms with Gasteiger partial charge in [0.05, 0.1) is 17.3 Å². The summed E-state index contributed by atoms with van der Waals surface area (Å²) in [5.74, 6) is -0.737. The summed E-state index contributed by atoms with van der Waals surface area (Å²) in [5, 5.41) is 9.80. The number of ether oxygens (including phenoxy) is 1. The highest BCUT2D eigenvalue weighted by Crippen LogP contribution is 2.25. The SMILES string of the molecule is CCc1nc(C(C)COC)sc1C(=O)O. The molecule has 1 rings (SSSR count). The molecule has 84 valence electrons. The number of aromatic nitrogens is 1. The van der Waals surface area contributed by atoms with Gasteiger partial charge in [0.1, 0.15) is 4.88 Å². The Hall–Kier alpha value is -0.940. The molecule has 1 aromatic rings. The van der Waals surface area contributed by atoms with E-state index >= 15 is 0 Å². The zero-order chi connectivity index (χ0) is 11.4. The second-order valence-corrected chi connectivity index (χ2v) is 4.37. The van der Waals surface area contributed by atoms with Crippen molar-refractivity contribution in [2.75, 3.05) is 13.7 Å². The first-order valence-electron chi connectivity index (χ1n) is 4.82. The molecule has 0 aliphatic rings. The number of carboxylic acids is 1. The molecule has 0 spiro atoms. The molecule has 0 bridgehead atoms. The number of rotatable bonds is 5. The summed E-state index contributed by atoms with van der Waals surface area (Å²) < 4.78 is 5.02. The Morgan fingerprint density at radius 2 is 2.33 bits per heavy atom. The lowest BCUT2D eigenvalue weighted by Gasteiger charge is -2.04. The number of aryl methyl sites for hydroxylation is 1. The molecule has 0 fully saturated rings. The average molecular weight is 229 g/mol. The number of carbonyl (C=O) groups is 1. The molecule has 0 amide bonds. The molecule has 1 unspecified atom stereocenters. The molecule has 15 heavy (non-hydrogen) atoms. The van der Waals surface area contributed by atoms with Crippen molar-refractivity contribution in [3.05, 3.63) is 15.6 Å². The smallest absolute Gasteiger partial charge is 0.347 e. The molecule has 0 aromatic carbocycles. The molecule has 0 radical (unpaired) electrons. The van der Waals surface area contributed by atoms with E-state index in [2.05, 4.69) is 4.98 Å². The molecular weight excluding hydrogens is 214 g/mol. The van der Waals surface area contributed by atoms with Crippen molar-refractivity contribution in [2.45, 2.75) is 26.2 Å². The topological polar surface area (TPSA) is 59.4 Å². The molecule has 4 nitrogen and oxygen atoms in total. The third-order valence-electron chi connectivity index (χ3n) is 2.08. The van der Waals surface area contributed by atoms with Crippen molar-refractivity contribution >= 4 is 17.3 Å². The zero-order valence-corrected chi connectivity index (χ0v) is 9.93. The molecule has 0 saturated heterocycles. The second kappa shape index (κ2) is 5.23. The van der Waals surface area contributed by atoms with Crippen molar-refractivity contribution < 1.29 is 14.6 Å². The molecule has 0 saturated carbocycles. The number of carboxylic acid groups (broad SMARTS) is 1. The Labute approximate surface area is 92.9 Å². The van der Waals surface area contributed by atoms with E-state index in [0.29, 0.717) is 23.6 Å². The van der Waals surface area contributed by atoms with Crippen molar-refractivity contribution in [1.29, 1.82) is 0 Å². The Kier molecular flexibility index (Phi) is 4.23. The maximum absolute atomic E-state index is 10.9. The Balaban J connectivity index is 2.96. The van der Waals surface area contributed by atoms with Gasteiger partial charge < -0.3 is 9.84 Å². The Morgan fingerprint density at radius 1 is 1.67 bits per heavy atom. The normalized spacial score (nSPS) is 12.7. The molecule has 0 aliphatic heterocycles. The van der Waals surface area contributed by atoms with Crippen LogP contribution in [-0.2, 0) is 11.2 Å². The van der Waals surface area contributed by atoms with Crippen molar-refractivity contribution in [2.24, 2.45) is 0 Å². The minimum Gasteiger partial charge on any atom is -0.477 e. The third-order valence-corrected chi connectivity index (χ3v) is 3.40. The van der Waals surface area contributed by atoms with Crippen molar-refractivity contribution in [1.82, 2.24) is 4.98 Å². The quantitative estimate of drug-likeness (QED) is 0.840. The van der Waals surface area contributed by atoms with Gasteiger partial charge in [-0.3, -0.25) is 0 Å². The van der Waals surface area contributed by atoms with Crippen LogP contribution in [-0.4, -0.2) is 29.8 Å². The van der Waals surface area contributed by atoms with Crippen LogP contribution in [0.25, 0.3) is 0 Å². The minimum atomic E-state index is -0.889. The summed E-state index contributed by atoms with van der Waals surface area (Å²) in [4.78, 5) is 15.6. The van der Waals surface area contributed by atoms with Gasteiger partial charge in [0, 0.05) is 13.0 Å². The van der Waals surface area contributed by atoms with Gasteiger partial charge in [-0.2, -0.15) is 0 Å². The maximum atomic E-state index is 10.9. The summed E-state index contributed by atoms with van der Waals surface area (Å²) in [7, 11) is 1.63. The lowest BCUT2D eigenvalue weighted by Crippen LogP contribution is -2.01. The van der Waals surface area contributed by atoms with Crippen LogP contribution in [0, 0.1) is 0 Å². The third kappa shape index (κ3) is 2.76. The van der Waals surface area contributed by atoms with Crippen LogP contribution in [0.2, 0.25) is 0 Å². The van der Waals surface area contributed by atoms with Gasteiger partial charge in [-0.05, 0) is 6.42 Å². The fourth-order valence-electron chi connectivity index (χ4n) is 1.31. The fourth-order valence-corrected chi connectivity index (χ4v) is 2.34. The highest BCUT2D eigenvalue weighted by Gasteiger charge is 2.18. The van der Waals surface area contributed by atoms with E-state index in [0.717, 1.165) is 5.01 Å². The van der Waals surface area contributed by atoms with Gasteiger partial charge in [0.15, 0.2) is 0 Å². The largest absolute Gasteiger partial charge is 0.477 e. The maximum Gasteiger partial charge on any atom is 0.347 e. The minimum absolute atomic E-state index is 0.151. The number of aromatic carboxylic acids is 1. The van der Waals surface area contributed by atoms with E-state index in [4.69, 9.17) is 9.84 Å². The number of thiazole rings is 1. The van der Waals surface area contributed by atoms with Crippen LogP contribution in [0.15, 0.2) is 0 Å². The lowest BCUT2D eigenvalue weighted by molar-refractivity contribution is 0.0701. The highest BCUT2D eigenvalue weighted by atomic mass is 32.1. The summed E-state index contributed by atoms with van der Waals surface area (Å²) in [6.45, 7) is 4.45. The summed E-state index contributed by atoms with van der Waals surface area (Å²) in [6.07, 6.45) is 0.651. The van der Waals surface area contributed by atoms with E-state index in [1.54, 1.807) is 7.11 Å². The van der Waals surface area contributed by atoms with E-state index in [1.165, 1.54) is 11.3 Å². The van der Waals surface area contributed by atoms with Crippen LogP contribution >= 0.6 is 11.3 Å². The predicted molar refractivity (Wildman–Crippen MR) is 58.7 cm³/mol. The van der Waals surface area contributed by atoms with Crippen LogP contribution in [0.4, 0.5) is 0 Å². The van der Waals surface area contributed by atoms with E-state index in [-0.39, 0.29) is 5.92 Å². The monoisotopic (exact) mass is 229 g/mol. The van der Waals surface area contributed by atoms with Crippen molar-refractivity contribution in [3.8, 4) is 0 Å². The van der Waals surface area contributed by atoms with Gasteiger partial charge in [-0.25, -0.2) is 9.78 Å². The molecule has 5 heteroatoms. The Bertz CT molecular complexity index is 348. The van der Waals surface area contributed by atoms with Crippen LogP contribution in [0.3, 0.4) is 0 Å². The average Bonchev–Trinajstić information content (AvgIpc) is 2.61. The molecule has 1 N–H and O–H groups in total. The first-order chi connectivity index (χ1) is 7.10. The summed E-state index contributed by atoms with van der Waals surface area (Å²) >= 11 is 1.25. The van der Waals surface area contributed by atoms with Gasteiger partial charge in [0.25, 0.3) is 0 Å². The summed E-state index contributed by atoms with van der Waals surface area (Å²) in [5.41, 5.74) is 0.672. The molecule has 1 aromatic heterocycles. The van der Waals surface area contributed by atoms with Gasteiger partial charge in [-0.1, -0.05) is 13.8 Å². The van der Waals surface area contributed by atoms with Gasteiger partial charge >= 0.3 is 5.97 Å². The fraction of sp³-hybridized carbons (Fsp3) is 0.600. The van der Waals surface area contributed by atoms with Gasteiger partial charge in [-0.15, -0.1) is 11.3 Å². The van der Waals surface area contributed by atoms with Gasteiger partial charge in [0.2, 0.25) is 0 Å². The predicted octanol–water partition coefficient (Wildman–Crippen LogP) is 2.15. The van der Waals surface area contributed by atoms with E-state index in [9.17, 15) is 4.79 Å². The highest BCUT2D eigenvalue weighted by molar-refractivity contribution is 7.13. The zero-order valence-electron chi connectivity index (χ0n) is 9.11. The Morgan fingerprint density at radius 3 is 2.73 bits per heavy atom. The standard InChI is InChI=1S/C10H15NO3S/c1-4-7-8(10(12)13)15-9(11-7)6(2)5-14-3/h6H,4-5H2,1-3H3,(H,12,13). The molecule has 0 aliphatic carbocycles. The lowest BCUT2D eigenvalue weighted by atomic mass is 10.2. The van der Waals surface area contributed by atoms with Crippen molar-refractivity contribution in [3.63, 3.8) is 0 Å². The molecule has 1 atom stereocenters. The van der Waals surface area contributed by atoms with E-state index < -0.39 is 5.97 Å². The second-order valence-electron chi connectivity index (χ2n) is 3.34. The first kappa shape index (κ1) is 12.1. The first-order valence-corrected chi connectivity index (χ1v) is 5.63. The van der Waals surface area contributed by atoms with Crippen LogP contribution in [0.1, 0.15) is 40.1 Å². The number of hydrogen-bond acceptors (Lipinski definition) is 4. The number of hydrogen-bond donors (Lipinski definition) is 1. The molecular formula is C10H15NO3S.